The van der Waals surface area contributed by atoms with Gasteiger partial charge in [-0.2, -0.15) is 0 Å². The number of aromatic nitrogens is 1. The second-order valence-electron chi connectivity index (χ2n) is 10.7. The van der Waals surface area contributed by atoms with E-state index in [0.717, 1.165) is 15.6 Å². The van der Waals surface area contributed by atoms with Gasteiger partial charge in [-0.3, -0.25) is 0 Å². The molecule has 1 saturated carbocycles. The van der Waals surface area contributed by atoms with Crippen LogP contribution in [0.1, 0.15) is 49.8 Å². The molecular weight excluding hydrogens is 530 g/mol. The van der Waals surface area contributed by atoms with Gasteiger partial charge in [0.2, 0.25) is 5.88 Å². The Bertz CT molecular complexity index is 1250. The Hall–Kier alpha value is -2.12. The van der Waals surface area contributed by atoms with Crippen molar-refractivity contribution in [2.75, 3.05) is 7.11 Å². The summed E-state index contributed by atoms with van der Waals surface area (Å²) >= 11 is 9.83. The van der Waals surface area contributed by atoms with Crippen LogP contribution < -0.4 is 9.47 Å². The normalized spacial score (nSPS) is 29.4. The molecule has 7 heteroatoms. The van der Waals surface area contributed by atoms with Crippen molar-refractivity contribution < 1.29 is 19.7 Å². The molecule has 2 heterocycles. The third-order valence-electron chi connectivity index (χ3n) is 7.31. The van der Waals surface area contributed by atoms with Crippen molar-refractivity contribution in [1.29, 1.82) is 0 Å². The van der Waals surface area contributed by atoms with Crippen molar-refractivity contribution in [3.8, 4) is 11.6 Å². The molecule has 0 saturated heterocycles. The van der Waals surface area contributed by atoms with Crippen LogP contribution in [0.4, 0.5) is 0 Å². The molecule has 1 fully saturated rings. The van der Waals surface area contributed by atoms with Crippen molar-refractivity contribution in [2.45, 2.75) is 50.4 Å². The molecule has 2 aromatic carbocycles. The van der Waals surface area contributed by atoms with Gasteiger partial charge in [0.25, 0.3) is 0 Å². The molecule has 1 aliphatic heterocycles. The fourth-order valence-electron chi connectivity index (χ4n) is 6.18. The van der Waals surface area contributed by atoms with Crippen LogP contribution in [-0.2, 0) is 11.2 Å². The Morgan fingerprint density at radius 1 is 1.11 bits per heavy atom. The lowest BCUT2D eigenvalue weighted by Crippen LogP contribution is -2.52. The highest BCUT2D eigenvalue weighted by atomic mass is 79.9. The molecule has 2 N–H and O–H groups in total. The number of aliphatic hydroxyl groups excluding tert-OH is 1. The predicted molar refractivity (Wildman–Crippen MR) is 139 cm³/mol. The summed E-state index contributed by atoms with van der Waals surface area (Å²) in [4.78, 5) is 4.32. The van der Waals surface area contributed by atoms with Gasteiger partial charge >= 0.3 is 0 Å². The minimum atomic E-state index is -1.84. The number of nitrogens with zero attached hydrogens (tertiary/aromatic N) is 1. The standard InChI is InChI=1S/C28H29BrClNO4/c1-26(2,3)15-19-22(16-8-6-5-7-9-16)28(17-10-12-18(29)13-11-17)27(33,24(19)32)23-20(35-28)14-21(30)31-25(23)34-4/h5-14,19,22,24,32-33H,15H2,1-4H3. The Labute approximate surface area is 219 Å². The summed E-state index contributed by atoms with van der Waals surface area (Å²) in [6.07, 6.45) is -0.496. The fraction of sp³-hybridized carbons (Fsp3) is 0.393. The molecule has 2 aliphatic rings. The molecule has 5 rings (SSSR count). The number of fused-ring (bicyclic) bond motifs is 3. The van der Waals surface area contributed by atoms with Gasteiger partial charge in [0, 0.05) is 16.5 Å². The van der Waals surface area contributed by atoms with E-state index in [-0.39, 0.29) is 28.3 Å². The predicted octanol–water partition coefficient (Wildman–Crippen LogP) is 6.19. The summed E-state index contributed by atoms with van der Waals surface area (Å²) in [5.74, 6) is -0.183. The van der Waals surface area contributed by atoms with E-state index in [4.69, 9.17) is 21.1 Å². The maximum absolute atomic E-state index is 12.8. The number of ether oxygens (including phenoxy) is 2. The highest BCUT2D eigenvalue weighted by molar-refractivity contribution is 9.10. The maximum atomic E-state index is 12.8. The average Bonchev–Trinajstić information content (AvgIpc) is 3.16. The monoisotopic (exact) mass is 557 g/mol. The van der Waals surface area contributed by atoms with E-state index in [1.54, 1.807) is 6.07 Å². The number of aliphatic hydroxyl groups is 2. The summed E-state index contributed by atoms with van der Waals surface area (Å²) < 4.78 is 13.3. The number of halogens is 2. The molecule has 5 nitrogen and oxygen atoms in total. The van der Waals surface area contributed by atoms with E-state index in [2.05, 4.69) is 41.7 Å². The Balaban J connectivity index is 1.87. The van der Waals surface area contributed by atoms with Crippen molar-refractivity contribution in [1.82, 2.24) is 4.98 Å². The quantitative estimate of drug-likeness (QED) is 0.374. The van der Waals surface area contributed by atoms with E-state index in [9.17, 15) is 10.2 Å². The minimum Gasteiger partial charge on any atom is -0.481 e. The fourth-order valence-corrected chi connectivity index (χ4v) is 6.62. The van der Waals surface area contributed by atoms with E-state index in [1.807, 2.05) is 54.6 Å². The van der Waals surface area contributed by atoms with Crippen LogP contribution in [0.2, 0.25) is 5.15 Å². The first-order valence-electron chi connectivity index (χ1n) is 11.7. The number of hydrogen-bond donors (Lipinski definition) is 2. The lowest BCUT2D eigenvalue weighted by molar-refractivity contribution is -0.152. The summed E-state index contributed by atoms with van der Waals surface area (Å²) in [5.41, 5.74) is -1.23. The van der Waals surface area contributed by atoms with Crippen LogP contribution in [0.3, 0.4) is 0 Å². The Kier molecular flexibility index (Phi) is 5.95. The lowest BCUT2D eigenvalue weighted by atomic mass is 9.69. The highest BCUT2D eigenvalue weighted by Gasteiger charge is 2.77. The summed E-state index contributed by atoms with van der Waals surface area (Å²) in [6.45, 7) is 6.43. The van der Waals surface area contributed by atoms with Crippen LogP contribution in [0.5, 0.6) is 11.6 Å². The molecule has 0 amide bonds. The SMILES string of the molecule is COc1nc(Cl)cc2c1C1(O)C(O)C(CC(C)(C)C)C(c3ccccc3)C1(c1ccc(Br)cc1)O2. The molecule has 184 valence electrons. The topological polar surface area (TPSA) is 71.8 Å². The molecule has 1 aliphatic carbocycles. The van der Waals surface area contributed by atoms with Crippen LogP contribution in [0, 0.1) is 11.3 Å². The Morgan fingerprint density at radius 3 is 2.37 bits per heavy atom. The summed E-state index contributed by atoms with van der Waals surface area (Å²) in [7, 11) is 1.48. The molecule has 5 atom stereocenters. The first kappa shape index (κ1) is 24.6. The van der Waals surface area contributed by atoms with E-state index in [1.165, 1.54) is 7.11 Å². The van der Waals surface area contributed by atoms with Gasteiger partial charge in [0.15, 0.2) is 11.2 Å². The van der Waals surface area contributed by atoms with Gasteiger partial charge in [-0.1, -0.05) is 90.8 Å². The second kappa shape index (κ2) is 8.48. The zero-order valence-corrected chi connectivity index (χ0v) is 22.5. The summed E-state index contributed by atoms with van der Waals surface area (Å²) in [5, 5.41) is 25.0. The van der Waals surface area contributed by atoms with Gasteiger partial charge in [-0.05, 0) is 41.0 Å². The number of hydrogen-bond acceptors (Lipinski definition) is 5. The number of methoxy groups -OCH3 is 1. The van der Waals surface area contributed by atoms with Crippen LogP contribution >= 0.6 is 27.5 Å². The number of pyridine rings is 1. The number of rotatable bonds is 4. The molecule has 35 heavy (non-hydrogen) atoms. The lowest BCUT2D eigenvalue weighted by Gasteiger charge is -2.41. The smallest absolute Gasteiger partial charge is 0.224 e. The molecule has 1 aromatic heterocycles. The van der Waals surface area contributed by atoms with E-state index < -0.39 is 17.3 Å². The largest absolute Gasteiger partial charge is 0.481 e. The van der Waals surface area contributed by atoms with Gasteiger partial charge in [-0.25, -0.2) is 4.98 Å². The molecule has 3 aromatic rings. The van der Waals surface area contributed by atoms with Crippen LogP contribution in [0.25, 0.3) is 0 Å². The van der Waals surface area contributed by atoms with Gasteiger partial charge < -0.3 is 19.7 Å². The third-order valence-corrected chi connectivity index (χ3v) is 8.03. The maximum Gasteiger partial charge on any atom is 0.224 e. The third kappa shape index (κ3) is 3.60. The van der Waals surface area contributed by atoms with Crippen LogP contribution in [-0.4, -0.2) is 28.4 Å². The van der Waals surface area contributed by atoms with Crippen molar-refractivity contribution in [3.05, 3.63) is 87.0 Å². The molecular formula is C28H29BrClNO4. The molecule has 0 bridgehead atoms. The van der Waals surface area contributed by atoms with Crippen molar-refractivity contribution >= 4 is 27.5 Å². The molecule has 5 unspecified atom stereocenters. The minimum absolute atomic E-state index is 0.111. The van der Waals surface area contributed by atoms with Crippen LogP contribution in [0.15, 0.2) is 65.1 Å². The van der Waals surface area contributed by atoms with E-state index in [0.29, 0.717) is 17.7 Å². The van der Waals surface area contributed by atoms with Gasteiger partial charge in [0.1, 0.15) is 10.9 Å². The zero-order valence-electron chi connectivity index (χ0n) is 20.1. The van der Waals surface area contributed by atoms with E-state index >= 15 is 0 Å². The second-order valence-corrected chi connectivity index (χ2v) is 12.0. The Morgan fingerprint density at radius 2 is 1.77 bits per heavy atom. The number of benzene rings is 2. The zero-order chi connectivity index (χ0) is 25.2. The van der Waals surface area contributed by atoms with Gasteiger partial charge in [0.05, 0.1) is 18.8 Å². The first-order valence-corrected chi connectivity index (χ1v) is 12.9. The first-order chi connectivity index (χ1) is 16.5. The molecule has 0 spiro atoms. The van der Waals surface area contributed by atoms with Crippen molar-refractivity contribution in [2.24, 2.45) is 11.3 Å². The average molecular weight is 559 g/mol. The summed E-state index contributed by atoms with van der Waals surface area (Å²) in [6, 6.07) is 19.3. The van der Waals surface area contributed by atoms with Crippen molar-refractivity contribution in [3.63, 3.8) is 0 Å². The van der Waals surface area contributed by atoms with Gasteiger partial charge in [-0.15, -0.1) is 0 Å². The highest BCUT2D eigenvalue weighted by Crippen LogP contribution is 2.70. The molecule has 0 radical (unpaired) electrons.